The standard InChI is InChI=1S/C18H26N2O4/c1-12(5-10-16(22)23)20-15(21)11-19-17(24)13-6-8-14(9-7-13)18(2,3)4/h6-9,12H,5,10-11H2,1-4H3,(H,19,24)(H,20,21)(H,22,23). The smallest absolute Gasteiger partial charge is 0.303 e. The third kappa shape index (κ3) is 6.81. The van der Waals surface area contributed by atoms with E-state index in [2.05, 4.69) is 31.4 Å². The molecule has 3 N–H and O–H groups in total. The third-order valence-electron chi connectivity index (χ3n) is 3.62. The van der Waals surface area contributed by atoms with E-state index >= 15 is 0 Å². The van der Waals surface area contributed by atoms with Crippen LogP contribution in [0, 0.1) is 0 Å². The van der Waals surface area contributed by atoms with Gasteiger partial charge in [0.15, 0.2) is 0 Å². The van der Waals surface area contributed by atoms with Crippen LogP contribution in [0.5, 0.6) is 0 Å². The Balaban J connectivity index is 2.45. The molecule has 0 heterocycles. The van der Waals surface area contributed by atoms with Crippen LogP contribution in [0.2, 0.25) is 0 Å². The lowest BCUT2D eigenvalue weighted by atomic mass is 9.87. The van der Waals surface area contributed by atoms with Crippen molar-refractivity contribution in [1.82, 2.24) is 10.6 Å². The molecule has 0 spiro atoms. The molecule has 24 heavy (non-hydrogen) atoms. The molecule has 0 saturated heterocycles. The monoisotopic (exact) mass is 334 g/mol. The second kappa shape index (κ2) is 8.47. The number of rotatable bonds is 7. The molecule has 0 fully saturated rings. The number of aliphatic carboxylic acids is 1. The number of carbonyl (C=O) groups excluding carboxylic acids is 2. The second-order valence-electron chi connectivity index (χ2n) is 6.91. The van der Waals surface area contributed by atoms with Crippen LogP contribution in [0.15, 0.2) is 24.3 Å². The number of hydrogen-bond acceptors (Lipinski definition) is 3. The zero-order chi connectivity index (χ0) is 18.3. The predicted molar refractivity (Wildman–Crippen MR) is 91.9 cm³/mol. The summed E-state index contributed by atoms with van der Waals surface area (Å²) in [5.74, 6) is -1.56. The van der Waals surface area contributed by atoms with E-state index < -0.39 is 5.97 Å². The largest absolute Gasteiger partial charge is 0.481 e. The van der Waals surface area contributed by atoms with Gasteiger partial charge in [-0.3, -0.25) is 14.4 Å². The van der Waals surface area contributed by atoms with E-state index in [-0.39, 0.29) is 36.2 Å². The van der Waals surface area contributed by atoms with Gasteiger partial charge in [0.1, 0.15) is 0 Å². The fourth-order valence-electron chi connectivity index (χ4n) is 2.12. The van der Waals surface area contributed by atoms with Crippen LogP contribution in [-0.4, -0.2) is 35.5 Å². The van der Waals surface area contributed by atoms with Crippen LogP contribution in [0.25, 0.3) is 0 Å². The van der Waals surface area contributed by atoms with Gasteiger partial charge in [-0.15, -0.1) is 0 Å². The minimum absolute atomic E-state index is 0.00602. The van der Waals surface area contributed by atoms with E-state index in [1.165, 1.54) is 0 Å². The Kier molecular flexibility index (Phi) is 6.95. The first kappa shape index (κ1) is 19.7. The normalized spacial score (nSPS) is 12.3. The summed E-state index contributed by atoms with van der Waals surface area (Å²) in [5, 5.41) is 13.8. The molecule has 1 rings (SSSR count). The van der Waals surface area contributed by atoms with Crippen LogP contribution in [0.4, 0.5) is 0 Å². The number of carboxylic acid groups (broad SMARTS) is 1. The number of nitrogens with one attached hydrogen (secondary N) is 2. The molecule has 132 valence electrons. The lowest BCUT2D eigenvalue weighted by Crippen LogP contribution is -2.41. The molecule has 0 radical (unpaired) electrons. The van der Waals surface area contributed by atoms with Gasteiger partial charge >= 0.3 is 5.97 Å². The number of amides is 2. The molecule has 0 bridgehead atoms. The van der Waals surface area contributed by atoms with Gasteiger partial charge in [-0.05, 0) is 36.5 Å². The Morgan fingerprint density at radius 1 is 1.12 bits per heavy atom. The fourth-order valence-corrected chi connectivity index (χ4v) is 2.12. The molecule has 1 unspecified atom stereocenters. The van der Waals surface area contributed by atoms with Crippen LogP contribution < -0.4 is 10.6 Å². The summed E-state index contributed by atoms with van der Waals surface area (Å²) in [6, 6.07) is 7.04. The summed E-state index contributed by atoms with van der Waals surface area (Å²) in [5.41, 5.74) is 1.64. The van der Waals surface area contributed by atoms with Crippen LogP contribution >= 0.6 is 0 Å². The SMILES string of the molecule is CC(CCC(=O)O)NC(=O)CNC(=O)c1ccc(C(C)(C)C)cc1. The maximum atomic E-state index is 12.0. The van der Waals surface area contributed by atoms with Crippen molar-refractivity contribution in [3.63, 3.8) is 0 Å². The Morgan fingerprint density at radius 3 is 2.21 bits per heavy atom. The number of carbonyl (C=O) groups is 3. The van der Waals surface area contributed by atoms with Crippen molar-refractivity contribution in [3.05, 3.63) is 35.4 Å². The molecule has 1 atom stereocenters. The highest BCUT2D eigenvalue weighted by atomic mass is 16.4. The molecule has 1 aromatic rings. The van der Waals surface area contributed by atoms with Crippen LogP contribution in [-0.2, 0) is 15.0 Å². The molecular weight excluding hydrogens is 308 g/mol. The maximum absolute atomic E-state index is 12.0. The molecule has 0 saturated carbocycles. The summed E-state index contributed by atoms with van der Waals surface area (Å²) in [7, 11) is 0. The summed E-state index contributed by atoms with van der Waals surface area (Å²) in [6.07, 6.45) is 0.344. The number of hydrogen-bond donors (Lipinski definition) is 3. The number of carboxylic acids is 1. The van der Waals surface area contributed by atoms with Gasteiger partial charge in [0.2, 0.25) is 5.91 Å². The highest BCUT2D eigenvalue weighted by molar-refractivity contribution is 5.96. The van der Waals surface area contributed by atoms with Crippen molar-refractivity contribution in [1.29, 1.82) is 0 Å². The molecule has 2 amide bonds. The quantitative estimate of drug-likeness (QED) is 0.711. The minimum Gasteiger partial charge on any atom is -0.481 e. The van der Waals surface area contributed by atoms with Gasteiger partial charge in [0, 0.05) is 18.0 Å². The first-order valence-electron chi connectivity index (χ1n) is 7.99. The lowest BCUT2D eigenvalue weighted by molar-refractivity contribution is -0.137. The molecule has 6 nitrogen and oxygen atoms in total. The molecule has 0 aliphatic rings. The summed E-state index contributed by atoms with van der Waals surface area (Å²) in [6.45, 7) is 7.87. The topological polar surface area (TPSA) is 95.5 Å². The van der Waals surface area contributed by atoms with Crippen molar-refractivity contribution >= 4 is 17.8 Å². The van der Waals surface area contributed by atoms with Gasteiger partial charge in [0.25, 0.3) is 5.91 Å². The summed E-state index contributed by atoms with van der Waals surface area (Å²) < 4.78 is 0. The molecule has 1 aromatic carbocycles. The van der Waals surface area contributed by atoms with E-state index in [1.54, 1.807) is 19.1 Å². The van der Waals surface area contributed by atoms with E-state index in [0.717, 1.165) is 5.56 Å². The first-order valence-corrected chi connectivity index (χ1v) is 7.99. The molecule has 6 heteroatoms. The Hall–Kier alpha value is -2.37. The fraction of sp³-hybridized carbons (Fsp3) is 0.500. The van der Waals surface area contributed by atoms with Crippen LogP contribution in [0.3, 0.4) is 0 Å². The molecular formula is C18H26N2O4. The van der Waals surface area contributed by atoms with Crippen molar-refractivity contribution in [2.75, 3.05) is 6.54 Å². The molecule has 0 aliphatic heterocycles. The zero-order valence-electron chi connectivity index (χ0n) is 14.7. The highest BCUT2D eigenvalue weighted by Crippen LogP contribution is 2.22. The zero-order valence-corrected chi connectivity index (χ0v) is 14.7. The van der Waals surface area contributed by atoms with Crippen molar-refractivity contribution in [2.45, 2.75) is 52.0 Å². The van der Waals surface area contributed by atoms with Gasteiger partial charge in [-0.2, -0.15) is 0 Å². The third-order valence-corrected chi connectivity index (χ3v) is 3.62. The van der Waals surface area contributed by atoms with E-state index in [0.29, 0.717) is 12.0 Å². The highest BCUT2D eigenvalue weighted by Gasteiger charge is 2.15. The average molecular weight is 334 g/mol. The minimum atomic E-state index is -0.900. The Morgan fingerprint density at radius 2 is 1.71 bits per heavy atom. The Labute approximate surface area is 142 Å². The van der Waals surface area contributed by atoms with Gasteiger partial charge < -0.3 is 15.7 Å². The number of benzene rings is 1. The summed E-state index contributed by atoms with van der Waals surface area (Å²) in [4.78, 5) is 34.3. The van der Waals surface area contributed by atoms with Crippen molar-refractivity contribution in [2.24, 2.45) is 0 Å². The Bertz CT molecular complexity index is 588. The van der Waals surface area contributed by atoms with Crippen molar-refractivity contribution < 1.29 is 19.5 Å². The second-order valence-corrected chi connectivity index (χ2v) is 6.91. The van der Waals surface area contributed by atoms with Crippen molar-refractivity contribution in [3.8, 4) is 0 Å². The van der Waals surface area contributed by atoms with E-state index in [4.69, 9.17) is 5.11 Å². The van der Waals surface area contributed by atoms with Crippen LogP contribution in [0.1, 0.15) is 56.5 Å². The predicted octanol–water partition coefficient (Wildman–Crippen LogP) is 2.08. The molecule has 0 aromatic heterocycles. The van der Waals surface area contributed by atoms with Gasteiger partial charge in [0.05, 0.1) is 6.54 Å². The summed E-state index contributed by atoms with van der Waals surface area (Å²) >= 11 is 0. The molecule has 0 aliphatic carbocycles. The van der Waals surface area contributed by atoms with Gasteiger partial charge in [-0.1, -0.05) is 32.9 Å². The first-order chi connectivity index (χ1) is 11.1. The van der Waals surface area contributed by atoms with Gasteiger partial charge in [-0.25, -0.2) is 0 Å². The van der Waals surface area contributed by atoms with E-state index in [9.17, 15) is 14.4 Å². The maximum Gasteiger partial charge on any atom is 0.303 e. The average Bonchev–Trinajstić information content (AvgIpc) is 2.50. The lowest BCUT2D eigenvalue weighted by Gasteiger charge is -2.19. The van der Waals surface area contributed by atoms with E-state index in [1.807, 2.05) is 12.1 Å².